The van der Waals surface area contributed by atoms with E-state index in [0.29, 0.717) is 0 Å². The quantitative estimate of drug-likeness (QED) is 0.526. The molecule has 14 heavy (non-hydrogen) atoms. The molecule has 0 atom stereocenters. The first kappa shape index (κ1) is 13.3. The number of carbonyl (C=O) groups excluding carboxylic acids is 2. The van der Waals surface area contributed by atoms with Crippen LogP contribution in [0.3, 0.4) is 0 Å². The SMILES string of the molecule is CC(=O)C([SiH2]CCC(F)(F)F)C(C)=O. The summed E-state index contributed by atoms with van der Waals surface area (Å²) in [5.41, 5.74) is -0.725. The van der Waals surface area contributed by atoms with Gasteiger partial charge >= 0.3 is 6.18 Å². The summed E-state index contributed by atoms with van der Waals surface area (Å²) >= 11 is 0. The summed E-state index contributed by atoms with van der Waals surface area (Å²) in [6.07, 6.45) is -5.05. The van der Waals surface area contributed by atoms with Crippen LogP contribution in [0.4, 0.5) is 13.2 Å². The van der Waals surface area contributed by atoms with Gasteiger partial charge in [0.2, 0.25) is 0 Å². The van der Waals surface area contributed by atoms with E-state index in [1.807, 2.05) is 0 Å². The number of hydrogen-bond donors (Lipinski definition) is 0. The minimum absolute atomic E-state index is 0.0344. The van der Waals surface area contributed by atoms with Gasteiger partial charge in [0, 0.05) is 15.9 Å². The predicted molar refractivity (Wildman–Crippen MR) is 49.1 cm³/mol. The Morgan fingerprint density at radius 2 is 1.64 bits per heavy atom. The Balaban J connectivity index is 3.97. The average molecular weight is 226 g/mol. The largest absolute Gasteiger partial charge is 0.388 e. The summed E-state index contributed by atoms with van der Waals surface area (Å²) in [4.78, 5) is 21.7. The first-order valence-electron chi connectivity index (χ1n) is 4.31. The molecule has 0 aromatic rings. The van der Waals surface area contributed by atoms with Crippen molar-refractivity contribution >= 4 is 21.1 Å². The second-order valence-electron chi connectivity index (χ2n) is 3.28. The lowest BCUT2D eigenvalue weighted by atomic mass is 10.2. The maximum atomic E-state index is 11.8. The number of Topliss-reactive ketones (excluding diaryl/α,β-unsaturated/α-hetero) is 2. The van der Waals surface area contributed by atoms with Crippen molar-refractivity contribution in [2.45, 2.75) is 38.0 Å². The molecule has 6 heteroatoms. The summed E-state index contributed by atoms with van der Waals surface area (Å²) in [7, 11) is -1.27. The zero-order valence-corrected chi connectivity index (χ0v) is 9.56. The molecule has 0 fully saturated rings. The number of carbonyl (C=O) groups is 2. The highest BCUT2D eigenvalue weighted by Crippen LogP contribution is 2.23. The average Bonchev–Trinajstić information content (AvgIpc) is 1.94. The monoisotopic (exact) mass is 226 g/mol. The number of ketones is 2. The fraction of sp³-hybridized carbons (Fsp3) is 0.750. The molecule has 0 heterocycles. The number of rotatable bonds is 5. The second-order valence-corrected chi connectivity index (χ2v) is 5.38. The van der Waals surface area contributed by atoms with Crippen molar-refractivity contribution in [3.63, 3.8) is 0 Å². The third kappa shape index (κ3) is 5.90. The van der Waals surface area contributed by atoms with Crippen molar-refractivity contribution in [2.24, 2.45) is 0 Å². The Labute approximate surface area is 82.7 Å². The topological polar surface area (TPSA) is 34.1 Å². The van der Waals surface area contributed by atoms with E-state index in [-0.39, 0.29) is 17.6 Å². The van der Waals surface area contributed by atoms with E-state index in [9.17, 15) is 22.8 Å². The number of halogens is 3. The molecule has 2 nitrogen and oxygen atoms in total. The van der Waals surface area contributed by atoms with Gasteiger partial charge in [0.05, 0.1) is 5.54 Å². The molecule has 0 amide bonds. The molecule has 0 saturated heterocycles. The highest BCUT2D eigenvalue weighted by Gasteiger charge is 2.28. The van der Waals surface area contributed by atoms with Crippen LogP contribution >= 0.6 is 0 Å². The van der Waals surface area contributed by atoms with E-state index in [1.54, 1.807) is 0 Å². The van der Waals surface area contributed by atoms with Crippen molar-refractivity contribution < 1.29 is 22.8 Å². The standard InChI is InChI=1S/C8H13F3O2Si/c1-5(12)7(6(2)13)14-4-3-8(9,10)11/h7H,3-4,14H2,1-2H3. The number of alkyl halides is 3. The van der Waals surface area contributed by atoms with Crippen LogP contribution < -0.4 is 0 Å². The molecule has 82 valence electrons. The van der Waals surface area contributed by atoms with Crippen LogP contribution in [-0.4, -0.2) is 27.3 Å². The fourth-order valence-corrected chi connectivity index (χ4v) is 3.03. The summed E-state index contributed by atoms with van der Waals surface area (Å²) < 4.78 is 35.3. The summed E-state index contributed by atoms with van der Waals surface area (Å²) in [5, 5.41) is 0. The van der Waals surface area contributed by atoms with Gasteiger partial charge in [-0.1, -0.05) is 6.04 Å². The summed E-state index contributed by atoms with van der Waals surface area (Å²) in [6, 6.07) is -0.0344. The van der Waals surface area contributed by atoms with Crippen LogP contribution in [0.5, 0.6) is 0 Å². The maximum Gasteiger partial charge on any atom is 0.388 e. The van der Waals surface area contributed by atoms with E-state index in [4.69, 9.17) is 0 Å². The lowest BCUT2D eigenvalue weighted by molar-refractivity contribution is -0.131. The smallest absolute Gasteiger partial charge is 0.300 e. The van der Waals surface area contributed by atoms with Crippen LogP contribution in [0.2, 0.25) is 11.6 Å². The predicted octanol–water partition coefficient (Wildman–Crippen LogP) is 1.49. The van der Waals surface area contributed by atoms with Gasteiger partial charge in [-0.25, -0.2) is 0 Å². The highest BCUT2D eigenvalue weighted by atomic mass is 28.2. The fourth-order valence-electron chi connectivity index (χ4n) is 1.20. The first-order chi connectivity index (χ1) is 6.24. The van der Waals surface area contributed by atoms with Gasteiger partial charge in [-0.15, -0.1) is 0 Å². The van der Waals surface area contributed by atoms with Gasteiger partial charge in [0.25, 0.3) is 0 Å². The van der Waals surface area contributed by atoms with Gasteiger partial charge in [-0.05, 0) is 13.8 Å². The van der Waals surface area contributed by atoms with E-state index in [0.717, 1.165) is 0 Å². The maximum absolute atomic E-state index is 11.8. The molecule has 0 spiro atoms. The van der Waals surface area contributed by atoms with Crippen LogP contribution in [0.1, 0.15) is 20.3 Å². The lowest BCUT2D eigenvalue weighted by Gasteiger charge is -2.10. The third-order valence-corrected chi connectivity index (χ3v) is 4.42. The highest BCUT2D eigenvalue weighted by molar-refractivity contribution is 6.51. The molecule has 0 aromatic heterocycles. The zero-order chi connectivity index (χ0) is 11.4. The van der Waals surface area contributed by atoms with Crippen molar-refractivity contribution in [3.05, 3.63) is 0 Å². The van der Waals surface area contributed by atoms with Gasteiger partial charge in [0.15, 0.2) is 0 Å². The minimum Gasteiger partial charge on any atom is -0.300 e. The Morgan fingerprint density at radius 1 is 1.21 bits per heavy atom. The Hall–Kier alpha value is -0.653. The molecular weight excluding hydrogens is 213 g/mol. The van der Waals surface area contributed by atoms with Crippen molar-refractivity contribution in [3.8, 4) is 0 Å². The second kappa shape index (κ2) is 5.28. The van der Waals surface area contributed by atoms with E-state index in [1.165, 1.54) is 13.8 Å². The van der Waals surface area contributed by atoms with Crippen molar-refractivity contribution in [2.75, 3.05) is 0 Å². The summed E-state index contributed by atoms with van der Waals surface area (Å²) in [5.74, 6) is -0.599. The van der Waals surface area contributed by atoms with Crippen molar-refractivity contribution in [1.82, 2.24) is 0 Å². The molecule has 0 aliphatic rings. The first-order valence-corrected chi connectivity index (χ1v) is 6.13. The van der Waals surface area contributed by atoms with Gasteiger partial charge in [-0.3, -0.25) is 9.59 Å². The van der Waals surface area contributed by atoms with Gasteiger partial charge in [0.1, 0.15) is 11.6 Å². The van der Waals surface area contributed by atoms with Crippen LogP contribution in [-0.2, 0) is 9.59 Å². The van der Waals surface area contributed by atoms with Crippen molar-refractivity contribution in [1.29, 1.82) is 0 Å². The zero-order valence-electron chi connectivity index (χ0n) is 8.15. The minimum atomic E-state index is -4.18. The third-order valence-electron chi connectivity index (χ3n) is 1.93. The van der Waals surface area contributed by atoms with Gasteiger partial charge < -0.3 is 0 Å². The number of hydrogen-bond acceptors (Lipinski definition) is 2. The van der Waals surface area contributed by atoms with Crippen LogP contribution in [0, 0.1) is 0 Å². The Kier molecular flexibility index (Phi) is 5.04. The molecule has 0 aliphatic heterocycles. The Morgan fingerprint density at radius 3 is 1.93 bits per heavy atom. The lowest BCUT2D eigenvalue weighted by Crippen LogP contribution is -2.21. The molecule has 0 saturated carbocycles. The molecule has 0 unspecified atom stereocenters. The van der Waals surface area contributed by atoms with Crippen LogP contribution in [0.25, 0.3) is 0 Å². The molecular formula is C8H13F3O2Si. The molecule has 0 radical (unpaired) electrons. The van der Waals surface area contributed by atoms with Gasteiger partial charge in [-0.2, -0.15) is 13.2 Å². The van der Waals surface area contributed by atoms with E-state index in [2.05, 4.69) is 0 Å². The molecule has 0 bridgehead atoms. The van der Waals surface area contributed by atoms with Crippen LogP contribution in [0.15, 0.2) is 0 Å². The molecule has 0 aliphatic carbocycles. The normalized spacial score (nSPS) is 12.7. The molecule has 0 N–H and O–H groups in total. The van der Waals surface area contributed by atoms with E-state index >= 15 is 0 Å². The molecule has 0 rings (SSSR count). The Bertz CT molecular complexity index is 211. The van der Waals surface area contributed by atoms with E-state index < -0.39 is 27.7 Å². The molecule has 0 aromatic carbocycles. The summed E-state index contributed by atoms with van der Waals surface area (Å²) in [6.45, 7) is 2.51.